The number of benzene rings is 1. The molecule has 1 fully saturated rings. The van der Waals surface area contributed by atoms with Crippen LogP contribution in [0.4, 0.5) is 0 Å². The lowest BCUT2D eigenvalue weighted by atomic mass is 10.0. The topological polar surface area (TPSA) is 108 Å². The molecule has 0 N–H and O–H groups in total. The molecule has 2 aromatic heterocycles. The monoisotopic (exact) mass is 400 g/mol. The van der Waals surface area contributed by atoms with Crippen LogP contribution in [0.5, 0.6) is 11.5 Å². The number of hydrogen-bond acceptors (Lipinski definition) is 8. The molecule has 0 aliphatic carbocycles. The maximum absolute atomic E-state index is 12.9. The van der Waals surface area contributed by atoms with Gasteiger partial charge in [-0.15, -0.1) is 0 Å². The largest absolute Gasteiger partial charge is 0.486 e. The molecular formula is C18H16N4O5S. The molecule has 9 nitrogen and oxygen atoms in total. The lowest BCUT2D eigenvalue weighted by Gasteiger charge is -2.35. The Balaban J connectivity index is 1.31. The van der Waals surface area contributed by atoms with Gasteiger partial charge in [-0.05, 0) is 24.3 Å². The molecule has 2 aliphatic rings. The summed E-state index contributed by atoms with van der Waals surface area (Å²) in [6.07, 6.45) is 1.65. The Kier molecular flexibility index (Phi) is 4.02. The third kappa shape index (κ3) is 2.90. The first-order valence-electron chi connectivity index (χ1n) is 8.76. The van der Waals surface area contributed by atoms with Crippen LogP contribution in [0.3, 0.4) is 0 Å². The SMILES string of the molecule is O=S(=O)(c1ccc2c(c1)OCCO2)N1CC(c2nc(-c3ccccn3)no2)C1. The predicted octanol–water partition coefficient (Wildman–Crippen LogP) is 1.69. The first-order valence-corrected chi connectivity index (χ1v) is 10.2. The minimum absolute atomic E-state index is 0.142. The van der Waals surface area contributed by atoms with E-state index in [9.17, 15) is 8.42 Å². The van der Waals surface area contributed by atoms with Crippen LogP contribution in [0.15, 0.2) is 52.0 Å². The van der Waals surface area contributed by atoms with E-state index in [4.69, 9.17) is 14.0 Å². The Hall–Kier alpha value is -2.98. The molecule has 28 heavy (non-hydrogen) atoms. The summed E-state index contributed by atoms with van der Waals surface area (Å²) >= 11 is 0. The number of hydrogen-bond donors (Lipinski definition) is 0. The Labute approximate surface area is 161 Å². The summed E-state index contributed by atoms with van der Waals surface area (Å²) in [4.78, 5) is 8.71. The van der Waals surface area contributed by atoms with Gasteiger partial charge in [-0.1, -0.05) is 11.2 Å². The van der Waals surface area contributed by atoms with Crippen LogP contribution in [-0.2, 0) is 10.0 Å². The van der Waals surface area contributed by atoms with Crippen LogP contribution in [0, 0.1) is 0 Å². The van der Waals surface area contributed by atoms with Gasteiger partial charge in [0, 0.05) is 25.4 Å². The molecule has 0 saturated carbocycles. The summed E-state index contributed by atoms with van der Waals surface area (Å²) in [5, 5.41) is 3.94. The van der Waals surface area contributed by atoms with Crippen molar-refractivity contribution < 1.29 is 22.4 Å². The van der Waals surface area contributed by atoms with Crippen LogP contribution < -0.4 is 9.47 Å². The lowest BCUT2D eigenvalue weighted by molar-refractivity contribution is 0.171. The second-order valence-electron chi connectivity index (χ2n) is 6.50. The molecule has 3 aromatic rings. The van der Waals surface area contributed by atoms with Crippen LogP contribution in [0.2, 0.25) is 0 Å². The lowest BCUT2D eigenvalue weighted by Crippen LogP contribution is -2.48. The molecule has 1 aromatic carbocycles. The first kappa shape index (κ1) is 17.1. The molecule has 0 unspecified atom stereocenters. The smallest absolute Gasteiger partial charge is 0.243 e. The molecule has 0 bridgehead atoms. The van der Waals surface area contributed by atoms with E-state index in [0.717, 1.165) is 0 Å². The van der Waals surface area contributed by atoms with Gasteiger partial charge in [0.25, 0.3) is 0 Å². The molecule has 0 amide bonds. The second-order valence-corrected chi connectivity index (χ2v) is 8.43. The zero-order valence-electron chi connectivity index (χ0n) is 14.7. The van der Waals surface area contributed by atoms with Gasteiger partial charge in [-0.25, -0.2) is 8.42 Å². The summed E-state index contributed by atoms with van der Waals surface area (Å²) < 4.78 is 43.3. The predicted molar refractivity (Wildman–Crippen MR) is 96.5 cm³/mol. The first-order chi connectivity index (χ1) is 13.6. The maximum Gasteiger partial charge on any atom is 0.243 e. The molecule has 4 heterocycles. The quantitative estimate of drug-likeness (QED) is 0.651. The summed E-state index contributed by atoms with van der Waals surface area (Å²) in [6, 6.07) is 10.1. The van der Waals surface area contributed by atoms with Crippen LogP contribution in [-0.4, -0.2) is 54.2 Å². The average molecular weight is 400 g/mol. The van der Waals surface area contributed by atoms with Crippen molar-refractivity contribution in [1.82, 2.24) is 19.4 Å². The molecule has 0 atom stereocenters. The molecule has 0 radical (unpaired) electrons. The van der Waals surface area contributed by atoms with Gasteiger partial charge in [-0.2, -0.15) is 9.29 Å². The molecule has 5 rings (SSSR count). The molecule has 0 spiro atoms. The fraction of sp³-hybridized carbons (Fsp3) is 0.278. The van der Waals surface area contributed by atoms with Crippen molar-refractivity contribution in [3.63, 3.8) is 0 Å². The van der Waals surface area contributed by atoms with Gasteiger partial charge < -0.3 is 14.0 Å². The summed E-state index contributed by atoms with van der Waals surface area (Å²) in [7, 11) is -3.63. The van der Waals surface area contributed by atoms with Crippen LogP contribution in [0.1, 0.15) is 11.8 Å². The number of rotatable bonds is 4. The molecule has 2 aliphatic heterocycles. The fourth-order valence-electron chi connectivity index (χ4n) is 3.12. The van der Waals surface area contributed by atoms with Gasteiger partial charge >= 0.3 is 0 Å². The molecule has 1 saturated heterocycles. The highest BCUT2D eigenvalue weighted by Gasteiger charge is 2.40. The summed E-state index contributed by atoms with van der Waals surface area (Å²) in [5.41, 5.74) is 0.609. The Morgan fingerprint density at radius 3 is 2.64 bits per heavy atom. The summed E-state index contributed by atoms with van der Waals surface area (Å²) in [5.74, 6) is 1.66. The molecule has 10 heteroatoms. The number of nitrogens with zero attached hydrogens (tertiary/aromatic N) is 4. The van der Waals surface area contributed by atoms with Crippen molar-refractivity contribution >= 4 is 10.0 Å². The number of fused-ring (bicyclic) bond motifs is 1. The van der Waals surface area contributed by atoms with E-state index in [2.05, 4.69) is 15.1 Å². The van der Waals surface area contributed by atoms with E-state index >= 15 is 0 Å². The highest BCUT2D eigenvalue weighted by molar-refractivity contribution is 7.89. The van der Waals surface area contributed by atoms with Crippen molar-refractivity contribution in [1.29, 1.82) is 0 Å². The fourth-order valence-corrected chi connectivity index (χ4v) is 4.67. The van der Waals surface area contributed by atoms with E-state index in [-0.39, 0.29) is 23.9 Å². The van der Waals surface area contributed by atoms with E-state index < -0.39 is 10.0 Å². The zero-order chi connectivity index (χ0) is 19.1. The van der Waals surface area contributed by atoms with E-state index in [1.54, 1.807) is 24.4 Å². The minimum atomic E-state index is -3.63. The minimum Gasteiger partial charge on any atom is -0.486 e. The maximum atomic E-state index is 12.9. The Bertz CT molecular complexity index is 1110. The molecular weight excluding hydrogens is 384 g/mol. The Morgan fingerprint density at radius 2 is 1.86 bits per heavy atom. The number of pyridine rings is 1. The number of sulfonamides is 1. The van der Waals surface area contributed by atoms with Gasteiger partial charge in [0.1, 0.15) is 18.9 Å². The van der Waals surface area contributed by atoms with Gasteiger partial charge in [-0.3, -0.25) is 4.98 Å². The Morgan fingerprint density at radius 1 is 1.04 bits per heavy atom. The molecule has 144 valence electrons. The van der Waals surface area contributed by atoms with Gasteiger partial charge in [0.05, 0.1) is 10.8 Å². The highest BCUT2D eigenvalue weighted by Crippen LogP contribution is 2.36. The van der Waals surface area contributed by atoms with Gasteiger partial charge in [0.15, 0.2) is 11.5 Å². The third-order valence-corrected chi connectivity index (χ3v) is 6.51. The van der Waals surface area contributed by atoms with Gasteiger partial charge in [0.2, 0.25) is 21.7 Å². The van der Waals surface area contributed by atoms with Crippen molar-refractivity contribution in [3.8, 4) is 23.0 Å². The van der Waals surface area contributed by atoms with Crippen molar-refractivity contribution in [3.05, 3.63) is 48.5 Å². The van der Waals surface area contributed by atoms with E-state index in [1.165, 1.54) is 16.4 Å². The highest BCUT2D eigenvalue weighted by atomic mass is 32.2. The van der Waals surface area contributed by atoms with E-state index in [1.807, 2.05) is 6.07 Å². The standard InChI is InChI=1S/C18H16N4O5S/c23-28(24,13-4-5-15-16(9-13)26-8-7-25-15)22-10-12(11-22)18-20-17(21-27-18)14-3-1-2-6-19-14/h1-6,9,12H,7-8,10-11H2. The van der Waals surface area contributed by atoms with Crippen LogP contribution in [0.25, 0.3) is 11.5 Å². The van der Waals surface area contributed by atoms with Crippen molar-refractivity contribution in [2.24, 2.45) is 0 Å². The second kappa shape index (κ2) is 6.57. The van der Waals surface area contributed by atoms with E-state index in [0.29, 0.717) is 42.1 Å². The van der Waals surface area contributed by atoms with Crippen LogP contribution >= 0.6 is 0 Å². The number of aromatic nitrogens is 3. The van der Waals surface area contributed by atoms with Crippen molar-refractivity contribution in [2.75, 3.05) is 26.3 Å². The zero-order valence-corrected chi connectivity index (χ0v) is 15.5. The van der Waals surface area contributed by atoms with Crippen molar-refractivity contribution in [2.45, 2.75) is 10.8 Å². The summed E-state index contributed by atoms with van der Waals surface area (Å²) in [6.45, 7) is 1.41. The third-order valence-electron chi connectivity index (χ3n) is 4.68. The normalized spacial score (nSPS) is 17.3. The average Bonchev–Trinajstić information content (AvgIpc) is 3.16. The number of ether oxygens (including phenoxy) is 2.